The van der Waals surface area contributed by atoms with Crippen LogP contribution in [0.1, 0.15) is 33.1 Å². The van der Waals surface area contributed by atoms with Crippen molar-refractivity contribution >= 4 is 0 Å². The highest BCUT2D eigenvalue weighted by Crippen LogP contribution is 2.05. The predicted molar refractivity (Wildman–Crippen MR) is 38.9 cm³/mol. The van der Waals surface area contributed by atoms with Gasteiger partial charge in [0.15, 0.2) is 0 Å². The van der Waals surface area contributed by atoms with Crippen LogP contribution in [0, 0.1) is 11.3 Å². The van der Waals surface area contributed by atoms with Crippen molar-refractivity contribution in [2.45, 2.75) is 33.1 Å². The molecular weight excluding hydrogens is 110 g/mol. The van der Waals surface area contributed by atoms with Gasteiger partial charge < -0.3 is 0 Å². The van der Waals surface area contributed by atoms with E-state index < -0.39 is 0 Å². The Kier molecular flexibility index (Phi) is 4.91. The number of hydrogen-bond donors (Lipinski definition) is 0. The number of allylic oxidation sites excluding steroid dienone is 2. The van der Waals surface area contributed by atoms with Crippen LogP contribution in [-0.4, -0.2) is 0 Å². The second kappa shape index (κ2) is 5.37. The Balaban J connectivity index is 3.70. The van der Waals surface area contributed by atoms with Crippen molar-refractivity contribution in [2.24, 2.45) is 0 Å². The summed E-state index contributed by atoms with van der Waals surface area (Å²) in [6, 6.07) is 2.14. The summed E-state index contributed by atoms with van der Waals surface area (Å²) in [5, 5.41) is 8.30. The van der Waals surface area contributed by atoms with Crippen LogP contribution in [0.3, 0.4) is 0 Å². The van der Waals surface area contributed by atoms with E-state index >= 15 is 0 Å². The monoisotopic (exact) mass is 123 g/mol. The van der Waals surface area contributed by atoms with Crippen LogP contribution in [0.5, 0.6) is 0 Å². The molecule has 0 amide bonds. The minimum atomic E-state index is 0.602. The second-order valence-electron chi connectivity index (χ2n) is 1.96. The minimum Gasteiger partial charge on any atom is -0.198 e. The van der Waals surface area contributed by atoms with Crippen LogP contribution in [0.4, 0.5) is 0 Å². The summed E-state index contributed by atoms with van der Waals surface area (Å²) in [7, 11) is 0. The molecule has 0 aliphatic rings. The van der Waals surface area contributed by atoms with E-state index in [1.807, 2.05) is 0 Å². The van der Waals surface area contributed by atoms with Crippen LogP contribution in [0.15, 0.2) is 11.6 Å². The lowest BCUT2D eigenvalue weighted by atomic mass is 10.1. The van der Waals surface area contributed by atoms with E-state index in [2.05, 4.69) is 26.0 Å². The summed E-state index contributed by atoms with van der Waals surface area (Å²) < 4.78 is 0. The van der Waals surface area contributed by atoms with E-state index in [1.54, 1.807) is 0 Å². The van der Waals surface area contributed by atoms with Crippen LogP contribution < -0.4 is 0 Å². The standard InChI is InChI=1S/C8H13N/c1-3-5-8(4-2)6-7-9/h5H,3-4,6H2,1-2H3. The van der Waals surface area contributed by atoms with Gasteiger partial charge in [0, 0.05) is 0 Å². The SMILES string of the molecule is CCC=C(CC)CC#N. The fraction of sp³-hybridized carbons (Fsp3) is 0.625. The Bertz CT molecular complexity index is 128. The van der Waals surface area contributed by atoms with Crippen LogP contribution >= 0.6 is 0 Å². The molecule has 0 aliphatic carbocycles. The lowest BCUT2D eigenvalue weighted by Crippen LogP contribution is -1.76. The first-order valence-electron chi connectivity index (χ1n) is 3.40. The predicted octanol–water partition coefficient (Wildman–Crippen LogP) is 2.65. The molecule has 1 nitrogen and oxygen atoms in total. The van der Waals surface area contributed by atoms with E-state index in [4.69, 9.17) is 5.26 Å². The molecule has 0 spiro atoms. The Morgan fingerprint density at radius 3 is 2.56 bits per heavy atom. The topological polar surface area (TPSA) is 23.8 Å². The number of nitriles is 1. The molecule has 0 saturated carbocycles. The molecule has 9 heavy (non-hydrogen) atoms. The largest absolute Gasteiger partial charge is 0.198 e. The van der Waals surface area contributed by atoms with E-state index in [0.717, 1.165) is 12.8 Å². The second-order valence-corrected chi connectivity index (χ2v) is 1.96. The Hall–Kier alpha value is -0.770. The van der Waals surface area contributed by atoms with Gasteiger partial charge in [0.1, 0.15) is 0 Å². The molecule has 0 radical (unpaired) electrons. The Morgan fingerprint density at radius 2 is 2.22 bits per heavy atom. The molecule has 50 valence electrons. The van der Waals surface area contributed by atoms with Crippen LogP contribution in [0.25, 0.3) is 0 Å². The first kappa shape index (κ1) is 8.23. The molecule has 0 aromatic heterocycles. The van der Waals surface area contributed by atoms with E-state index in [1.165, 1.54) is 5.57 Å². The molecule has 0 atom stereocenters. The lowest BCUT2D eigenvalue weighted by Gasteiger charge is -1.93. The van der Waals surface area contributed by atoms with Gasteiger partial charge in [-0.1, -0.05) is 25.5 Å². The average Bonchev–Trinajstić information content (AvgIpc) is 1.88. The fourth-order valence-corrected chi connectivity index (χ4v) is 0.732. The summed E-state index contributed by atoms with van der Waals surface area (Å²) in [5.74, 6) is 0. The summed E-state index contributed by atoms with van der Waals surface area (Å²) >= 11 is 0. The van der Waals surface area contributed by atoms with Gasteiger partial charge in [0.05, 0.1) is 12.5 Å². The molecule has 0 aromatic rings. The molecule has 0 bridgehead atoms. The number of rotatable bonds is 3. The zero-order chi connectivity index (χ0) is 7.11. The smallest absolute Gasteiger partial charge is 0.0666 e. The molecular formula is C8H13N. The zero-order valence-electron chi connectivity index (χ0n) is 6.15. The lowest BCUT2D eigenvalue weighted by molar-refractivity contribution is 1.01. The minimum absolute atomic E-state index is 0.602. The van der Waals surface area contributed by atoms with E-state index in [9.17, 15) is 0 Å². The quantitative estimate of drug-likeness (QED) is 0.529. The summed E-state index contributed by atoms with van der Waals surface area (Å²) in [6.45, 7) is 4.17. The summed E-state index contributed by atoms with van der Waals surface area (Å²) in [6.07, 6.45) is 4.79. The normalized spacial score (nSPS) is 11.0. The third kappa shape index (κ3) is 3.78. The van der Waals surface area contributed by atoms with E-state index in [-0.39, 0.29) is 0 Å². The summed E-state index contributed by atoms with van der Waals surface area (Å²) in [5.41, 5.74) is 1.26. The van der Waals surface area contributed by atoms with Crippen molar-refractivity contribution in [3.05, 3.63) is 11.6 Å². The number of nitrogens with zero attached hydrogens (tertiary/aromatic N) is 1. The molecule has 0 saturated heterocycles. The van der Waals surface area contributed by atoms with Gasteiger partial charge in [0.2, 0.25) is 0 Å². The van der Waals surface area contributed by atoms with Crippen LogP contribution in [-0.2, 0) is 0 Å². The molecule has 0 N–H and O–H groups in total. The average molecular weight is 123 g/mol. The van der Waals surface area contributed by atoms with Gasteiger partial charge in [-0.05, 0) is 12.8 Å². The van der Waals surface area contributed by atoms with E-state index in [0.29, 0.717) is 6.42 Å². The first-order chi connectivity index (χ1) is 4.35. The third-order valence-electron chi connectivity index (χ3n) is 1.25. The van der Waals surface area contributed by atoms with Crippen molar-refractivity contribution in [3.63, 3.8) is 0 Å². The zero-order valence-corrected chi connectivity index (χ0v) is 6.15. The maximum atomic E-state index is 8.30. The van der Waals surface area contributed by atoms with Crippen molar-refractivity contribution in [1.29, 1.82) is 5.26 Å². The Morgan fingerprint density at radius 1 is 1.56 bits per heavy atom. The fourth-order valence-electron chi connectivity index (χ4n) is 0.732. The highest BCUT2D eigenvalue weighted by atomic mass is 14.2. The molecule has 0 unspecified atom stereocenters. The summed E-state index contributed by atoms with van der Waals surface area (Å²) in [4.78, 5) is 0. The van der Waals surface area contributed by atoms with Gasteiger partial charge in [-0.25, -0.2) is 0 Å². The molecule has 0 rings (SSSR count). The maximum Gasteiger partial charge on any atom is 0.0666 e. The molecule has 0 heterocycles. The van der Waals surface area contributed by atoms with Gasteiger partial charge in [0.25, 0.3) is 0 Å². The van der Waals surface area contributed by atoms with Crippen LogP contribution in [0.2, 0.25) is 0 Å². The van der Waals surface area contributed by atoms with Gasteiger partial charge in [-0.3, -0.25) is 0 Å². The van der Waals surface area contributed by atoms with Crippen molar-refractivity contribution in [3.8, 4) is 6.07 Å². The van der Waals surface area contributed by atoms with Crippen molar-refractivity contribution < 1.29 is 0 Å². The molecule has 1 heteroatoms. The van der Waals surface area contributed by atoms with Gasteiger partial charge in [-0.2, -0.15) is 5.26 Å². The van der Waals surface area contributed by atoms with Crippen molar-refractivity contribution in [1.82, 2.24) is 0 Å². The first-order valence-corrected chi connectivity index (χ1v) is 3.40. The highest BCUT2D eigenvalue weighted by molar-refractivity contribution is 5.06. The molecule has 0 aromatic carbocycles. The highest BCUT2D eigenvalue weighted by Gasteiger charge is 1.88. The third-order valence-corrected chi connectivity index (χ3v) is 1.25. The Labute approximate surface area is 57.0 Å². The maximum absolute atomic E-state index is 8.30. The van der Waals surface area contributed by atoms with Gasteiger partial charge in [-0.15, -0.1) is 0 Å². The van der Waals surface area contributed by atoms with Gasteiger partial charge >= 0.3 is 0 Å². The molecule has 0 aliphatic heterocycles. The van der Waals surface area contributed by atoms with Crippen molar-refractivity contribution in [2.75, 3.05) is 0 Å². The number of hydrogen-bond acceptors (Lipinski definition) is 1. The molecule has 0 fully saturated rings.